The molecule has 0 aromatic heterocycles. The van der Waals surface area contributed by atoms with E-state index in [0.717, 1.165) is 10.5 Å². The van der Waals surface area contributed by atoms with Crippen molar-refractivity contribution in [3.63, 3.8) is 0 Å². The second-order valence-corrected chi connectivity index (χ2v) is 8.24. The molecule has 0 aliphatic carbocycles. The van der Waals surface area contributed by atoms with Crippen LogP contribution in [0.1, 0.15) is 28.4 Å². The number of hydrogen-bond donors (Lipinski definition) is 2. The van der Waals surface area contributed by atoms with E-state index in [1.807, 2.05) is 18.2 Å². The van der Waals surface area contributed by atoms with Crippen molar-refractivity contribution in [2.45, 2.75) is 13.5 Å². The predicted octanol–water partition coefficient (Wildman–Crippen LogP) is 4.68. The molecule has 0 spiro atoms. The summed E-state index contributed by atoms with van der Waals surface area (Å²) in [6, 6.07) is 16.4. The molecular formula is C27H21ClN2O7. The highest BCUT2D eigenvalue weighted by Gasteiger charge is 2.36. The number of carboxylic acid groups (broad SMARTS) is 1. The molecule has 4 rings (SSSR count). The number of anilines is 1. The number of nitrogens with one attached hydrogen (secondary N) is 1. The zero-order chi connectivity index (χ0) is 26.5. The lowest BCUT2D eigenvalue weighted by molar-refractivity contribution is -0.122. The number of barbiturate groups is 1. The number of rotatable bonds is 8. The number of imide groups is 2. The van der Waals surface area contributed by atoms with Gasteiger partial charge >= 0.3 is 12.0 Å². The molecule has 0 radical (unpaired) electrons. The van der Waals surface area contributed by atoms with Crippen molar-refractivity contribution in [3.05, 3.63) is 94.0 Å². The molecule has 0 atom stereocenters. The SMILES string of the molecule is CCOc1cc(/C=C2\C(=O)NC(=O)N(c3ccc(C(=O)O)cc3)C2=O)ccc1OCc1ccccc1Cl. The van der Waals surface area contributed by atoms with Crippen LogP contribution in [0, 0.1) is 0 Å². The van der Waals surface area contributed by atoms with E-state index < -0.39 is 23.8 Å². The number of carbonyl (C=O) groups excluding carboxylic acids is 3. The van der Waals surface area contributed by atoms with E-state index in [0.29, 0.717) is 28.7 Å². The van der Waals surface area contributed by atoms with Crippen molar-refractivity contribution in [1.29, 1.82) is 0 Å². The first-order valence-corrected chi connectivity index (χ1v) is 11.5. The Bertz CT molecular complexity index is 1420. The smallest absolute Gasteiger partial charge is 0.335 e. The van der Waals surface area contributed by atoms with E-state index in [1.165, 1.54) is 30.3 Å². The van der Waals surface area contributed by atoms with Gasteiger partial charge in [0, 0.05) is 10.6 Å². The van der Waals surface area contributed by atoms with Gasteiger partial charge in [0.05, 0.1) is 17.9 Å². The Labute approximate surface area is 216 Å². The number of amides is 4. The van der Waals surface area contributed by atoms with Crippen LogP contribution in [0.4, 0.5) is 10.5 Å². The van der Waals surface area contributed by atoms with Gasteiger partial charge in [0.2, 0.25) is 0 Å². The zero-order valence-corrected chi connectivity index (χ0v) is 20.3. The quantitative estimate of drug-likeness (QED) is 0.326. The number of halogens is 1. The summed E-state index contributed by atoms with van der Waals surface area (Å²) in [6.45, 7) is 2.36. The fourth-order valence-corrected chi connectivity index (χ4v) is 3.77. The minimum atomic E-state index is -1.15. The third-order valence-corrected chi connectivity index (χ3v) is 5.76. The summed E-state index contributed by atoms with van der Waals surface area (Å²) in [5.74, 6) is -2.02. The van der Waals surface area contributed by atoms with Gasteiger partial charge < -0.3 is 14.6 Å². The van der Waals surface area contributed by atoms with Crippen LogP contribution in [0.2, 0.25) is 5.02 Å². The first-order valence-electron chi connectivity index (χ1n) is 11.2. The monoisotopic (exact) mass is 520 g/mol. The van der Waals surface area contributed by atoms with Crippen LogP contribution < -0.4 is 19.7 Å². The van der Waals surface area contributed by atoms with Crippen molar-refractivity contribution >= 4 is 47.2 Å². The normalized spacial score (nSPS) is 14.5. The Hall–Kier alpha value is -4.63. The molecule has 10 heteroatoms. The summed E-state index contributed by atoms with van der Waals surface area (Å²) in [5.41, 5.74) is 1.07. The van der Waals surface area contributed by atoms with E-state index in [2.05, 4.69) is 5.32 Å². The van der Waals surface area contributed by atoms with E-state index in [9.17, 15) is 19.2 Å². The third-order valence-electron chi connectivity index (χ3n) is 5.39. The molecule has 4 amide bonds. The molecule has 188 valence electrons. The summed E-state index contributed by atoms with van der Waals surface area (Å²) >= 11 is 6.20. The molecule has 9 nitrogen and oxygen atoms in total. The van der Waals surface area contributed by atoms with Gasteiger partial charge in [-0.1, -0.05) is 35.9 Å². The van der Waals surface area contributed by atoms with Gasteiger partial charge in [0.25, 0.3) is 11.8 Å². The highest BCUT2D eigenvalue weighted by atomic mass is 35.5. The summed E-state index contributed by atoms with van der Waals surface area (Å²) in [6.07, 6.45) is 1.34. The molecule has 1 fully saturated rings. The lowest BCUT2D eigenvalue weighted by Crippen LogP contribution is -2.54. The van der Waals surface area contributed by atoms with E-state index in [1.54, 1.807) is 31.2 Å². The molecular weight excluding hydrogens is 500 g/mol. The second kappa shape index (κ2) is 11.0. The Morgan fingerprint density at radius 2 is 1.73 bits per heavy atom. The van der Waals surface area contributed by atoms with Crippen molar-refractivity contribution in [2.75, 3.05) is 11.5 Å². The molecule has 3 aromatic carbocycles. The number of carboxylic acids is 1. The van der Waals surface area contributed by atoms with Crippen LogP contribution in [0.5, 0.6) is 11.5 Å². The zero-order valence-electron chi connectivity index (χ0n) is 19.6. The average Bonchev–Trinajstić information content (AvgIpc) is 2.87. The molecule has 0 unspecified atom stereocenters. The van der Waals surface area contributed by atoms with Gasteiger partial charge in [-0.2, -0.15) is 0 Å². The number of benzene rings is 3. The molecule has 2 N–H and O–H groups in total. The van der Waals surface area contributed by atoms with Crippen LogP contribution in [0.25, 0.3) is 6.08 Å². The highest BCUT2D eigenvalue weighted by Crippen LogP contribution is 2.31. The summed E-state index contributed by atoms with van der Waals surface area (Å²) in [7, 11) is 0. The lowest BCUT2D eigenvalue weighted by atomic mass is 10.1. The Morgan fingerprint density at radius 1 is 1.00 bits per heavy atom. The van der Waals surface area contributed by atoms with Gasteiger partial charge in [-0.15, -0.1) is 0 Å². The van der Waals surface area contributed by atoms with Crippen molar-refractivity contribution < 1.29 is 33.8 Å². The van der Waals surface area contributed by atoms with Crippen molar-refractivity contribution in [1.82, 2.24) is 5.32 Å². The van der Waals surface area contributed by atoms with Crippen LogP contribution in [-0.2, 0) is 16.2 Å². The Balaban J connectivity index is 1.61. The molecule has 37 heavy (non-hydrogen) atoms. The molecule has 0 saturated carbocycles. The standard InChI is InChI=1S/C27H21ClN2O7/c1-2-36-23-14-16(7-12-22(23)37-15-18-5-3-4-6-21(18)28)13-20-24(31)29-27(35)30(25(20)32)19-10-8-17(9-11-19)26(33)34/h3-14H,2,15H2,1H3,(H,33,34)(H,29,31,35)/b20-13+. The predicted molar refractivity (Wildman–Crippen MR) is 136 cm³/mol. The van der Waals surface area contributed by atoms with Gasteiger partial charge in [-0.25, -0.2) is 14.5 Å². The lowest BCUT2D eigenvalue weighted by Gasteiger charge is -2.26. The topological polar surface area (TPSA) is 122 Å². The van der Waals surface area contributed by atoms with Crippen molar-refractivity contribution in [2.24, 2.45) is 0 Å². The van der Waals surface area contributed by atoms with E-state index >= 15 is 0 Å². The van der Waals surface area contributed by atoms with Gasteiger partial charge in [0.1, 0.15) is 12.2 Å². The maximum absolute atomic E-state index is 13.1. The summed E-state index contributed by atoms with van der Waals surface area (Å²) < 4.78 is 11.6. The largest absolute Gasteiger partial charge is 0.490 e. The third kappa shape index (κ3) is 5.62. The van der Waals surface area contributed by atoms with Gasteiger partial charge in [-0.05, 0) is 61.0 Å². The molecule has 1 heterocycles. The minimum absolute atomic E-state index is 0.0132. The fourth-order valence-electron chi connectivity index (χ4n) is 3.58. The number of ether oxygens (including phenoxy) is 2. The maximum Gasteiger partial charge on any atom is 0.335 e. The average molecular weight is 521 g/mol. The molecule has 1 aliphatic heterocycles. The molecule has 0 bridgehead atoms. The van der Waals surface area contributed by atoms with E-state index in [-0.39, 0.29) is 23.4 Å². The van der Waals surface area contributed by atoms with Crippen LogP contribution in [0.15, 0.2) is 72.3 Å². The number of carbonyl (C=O) groups is 4. The Kier molecular flexibility index (Phi) is 7.55. The number of hydrogen-bond acceptors (Lipinski definition) is 6. The molecule has 1 saturated heterocycles. The molecule has 3 aromatic rings. The first kappa shape index (κ1) is 25.5. The summed E-state index contributed by atoms with van der Waals surface area (Å²) in [4.78, 5) is 49.9. The first-order chi connectivity index (χ1) is 17.8. The van der Waals surface area contributed by atoms with Gasteiger partial charge in [0.15, 0.2) is 11.5 Å². The van der Waals surface area contributed by atoms with Gasteiger partial charge in [-0.3, -0.25) is 14.9 Å². The van der Waals surface area contributed by atoms with Crippen LogP contribution >= 0.6 is 11.6 Å². The number of urea groups is 1. The fraction of sp³-hybridized carbons (Fsp3) is 0.111. The second-order valence-electron chi connectivity index (χ2n) is 7.83. The highest BCUT2D eigenvalue weighted by molar-refractivity contribution is 6.39. The number of aromatic carboxylic acids is 1. The minimum Gasteiger partial charge on any atom is -0.490 e. The van der Waals surface area contributed by atoms with Crippen LogP contribution in [-0.4, -0.2) is 35.5 Å². The van der Waals surface area contributed by atoms with Crippen LogP contribution in [0.3, 0.4) is 0 Å². The van der Waals surface area contributed by atoms with Crippen molar-refractivity contribution in [3.8, 4) is 11.5 Å². The van der Waals surface area contributed by atoms with E-state index in [4.69, 9.17) is 26.2 Å². The Morgan fingerprint density at radius 3 is 2.41 bits per heavy atom. The maximum atomic E-state index is 13.1. The molecule has 1 aliphatic rings. The summed E-state index contributed by atoms with van der Waals surface area (Å²) in [5, 5.41) is 11.8. The number of nitrogens with zero attached hydrogens (tertiary/aromatic N) is 1.